The van der Waals surface area contributed by atoms with Crippen molar-refractivity contribution < 1.29 is 19.7 Å². The van der Waals surface area contributed by atoms with Gasteiger partial charge in [0.2, 0.25) is 0 Å². The SMILES string of the molecule is Cc1ccc(C(C)(C)c2ccc(O)cc2)cc1.Cc1ccc(C(C)(C)c2ccc(OC(=O)O)cc2)cc1. The van der Waals surface area contributed by atoms with Crippen LogP contribution in [0.5, 0.6) is 11.5 Å². The number of carboxylic acid groups (broad SMARTS) is 1. The Hall–Kier alpha value is -4.05. The highest BCUT2D eigenvalue weighted by atomic mass is 16.7. The second-order valence-electron chi connectivity index (χ2n) is 10.4. The van der Waals surface area contributed by atoms with E-state index in [9.17, 15) is 9.90 Å². The van der Waals surface area contributed by atoms with Gasteiger partial charge in [-0.05, 0) is 60.4 Å². The highest BCUT2D eigenvalue weighted by Gasteiger charge is 2.23. The Labute approximate surface area is 220 Å². The molecule has 0 saturated heterocycles. The molecule has 0 heterocycles. The van der Waals surface area contributed by atoms with E-state index in [2.05, 4.69) is 94.8 Å². The van der Waals surface area contributed by atoms with Gasteiger partial charge in [-0.2, -0.15) is 0 Å². The monoisotopic (exact) mass is 496 g/mol. The van der Waals surface area contributed by atoms with Crippen molar-refractivity contribution in [2.45, 2.75) is 52.4 Å². The topological polar surface area (TPSA) is 66.8 Å². The normalized spacial score (nSPS) is 11.3. The van der Waals surface area contributed by atoms with E-state index in [1.54, 1.807) is 24.3 Å². The molecule has 0 radical (unpaired) electrons. The fraction of sp³-hybridized carbons (Fsp3) is 0.242. The molecular formula is C33H36O4. The summed E-state index contributed by atoms with van der Waals surface area (Å²) >= 11 is 0. The zero-order valence-electron chi connectivity index (χ0n) is 22.4. The van der Waals surface area contributed by atoms with Gasteiger partial charge in [0.05, 0.1) is 0 Å². The molecule has 4 nitrogen and oxygen atoms in total. The smallest absolute Gasteiger partial charge is 0.508 e. The molecule has 4 aromatic rings. The zero-order chi connectivity index (χ0) is 27.2. The molecule has 0 amide bonds. The van der Waals surface area contributed by atoms with Crippen LogP contribution in [0.25, 0.3) is 0 Å². The van der Waals surface area contributed by atoms with E-state index in [1.807, 2.05) is 24.3 Å². The first-order chi connectivity index (χ1) is 17.4. The zero-order valence-corrected chi connectivity index (χ0v) is 22.4. The Balaban J connectivity index is 0.000000208. The van der Waals surface area contributed by atoms with E-state index in [4.69, 9.17) is 5.11 Å². The van der Waals surface area contributed by atoms with Crippen molar-refractivity contribution in [1.29, 1.82) is 0 Å². The third kappa shape index (κ3) is 7.01. The molecular weight excluding hydrogens is 460 g/mol. The predicted octanol–water partition coefficient (Wildman–Crippen LogP) is 8.40. The summed E-state index contributed by atoms with van der Waals surface area (Å²) in [7, 11) is 0. The standard InChI is InChI=1S/C17H18O3.C16H18O/c1-12-4-6-13(7-5-12)17(2,3)14-8-10-15(11-9-14)20-16(18)19;1-12-4-6-13(7-5-12)16(2,3)14-8-10-15(17)11-9-14/h4-11H,1-3H3,(H,18,19);4-11,17H,1-3H3. The van der Waals surface area contributed by atoms with E-state index in [-0.39, 0.29) is 10.8 Å². The van der Waals surface area contributed by atoms with Crippen molar-refractivity contribution in [3.63, 3.8) is 0 Å². The first-order valence-electron chi connectivity index (χ1n) is 12.3. The second kappa shape index (κ2) is 11.3. The molecule has 4 heteroatoms. The minimum Gasteiger partial charge on any atom is -0.508 e. The molecule has 0 aliphatic rings. The molecule has 0 aromatic heterocycles. The number of aromatic hydroxyl groups is 1. The number of hydrogen-bond acceptors (Lipinski definition) is 3. The third-order valence-electron chi connectivity index (χ3n) is 6.92. The summed E-state index contributed by atoms with van der Waals surface area (Å²) in [5.74, 6) is 0.648. The van der Waals surface area contributed by atoms with Gasteiger partial charge in [0.15, 0.2) is 0 Å². The molecule has 37 heavy (non-hydrogen) atoms. The van der Waals surface area contributed by atoms with Crippen LogP contribution in [0, 0.1) is 13.8 Å². The number of phenolic OH excluding ortho intramolecular Hbond substituents is 1. The van der Waals surface area contributed by atoms with Crippen LogP contribution in [0.3, 0.4) is 0 Å². The number of hydrogen-bond donors (Lipinski definition) is 2. The molecule has 4 rings (SSSR count). The van der Waals surface area contributed by atoms with E-state index in [0.717, 1.165) is 5.56 Å². The Bertz CT molecular complexity index is 1250. The first kappa shape index (κ1) is 27.5. The van der Waals surface area contributed by atoms with Crippen molar-refractivity contribution in [2.75, 3.05) is 0 Å². The maximum atomic E-state index is 10.5. The van der Waals surface area contributed by atoms with Gasteiger partial charge >= 0.3 is 6.16 Å². The fourth-order valence-electron chi connectivity index (χ4n) is 4.19. The first-order valence-corrected chi connectivity index (χ1v) is 12.3. The maximum Gasteiger partial charge on any atom is 0.511 e. The molecule has 4 aromatic carbocycles. The Morgan fingerprint density at radius 2 is 0.865 bits per heavy atom. The molecule has 0 bridgehead atoms. The molecule has 0 spiro atoms. The van der Waals surface area contributed by atoms with E-state index >= 15 is 0 Å². The average molecular weight is 497 g/mol. The van der Waals surface area contributed by atoms with Gasteiger partial charge < -0.3 is 14.9 Å². The lowest BCUT2D eigenvalue weighted by atomic mass is 9.78. The van der Waals surface area contributed by atoms with Crippen LogP contribution in [0.1, 0.15) is 61.1 Å². The number of carbonyl (C=O) groups is 1. The van der Waals surface area contributed by atoms with Gasteiger partial charge in [0.1, 0.15) is 11.5 Å². The maximum absolute atomic E-state index is 10.5. The largest absolute Gasteiger partial charge is 0.511 e. The van der Waals surface area contributed by atoms with E-state index < -0.39 is 6.16 Å². The van der Waals surface area contributed by atoms with Crippen LogP contribution in [0.15, 0.2) is 97.1 Å². The van der Waals surface area contributed by atoms with Crippen molar-refractivity contribution in [3.05, 3.63) is 130 Å². The fourth-order valence-corrected chi connectivity index (χ4v) is 4.19. The minimum atomic E-state index is -1.30. The van der Waals surface area contributed by atoms with Gasteiger partial charge in [-0.15, -0.1) is 0 Å². The molecule has 0 aliphatic heterocycles. The quantitative estimate of drug-likeness (QED) is 0.215. The number of ether oxygens (including phenoxy) is 1. The molecule has 0 aliphatic carbocycles. The van der Waals surface area contributed by atoms with Crippen molar-refractivity contribution in [1.82, 2.24) is 0 Å². The van der Waals surface area contributed by atoms with Crippen molar-refractivity contribution >= 4 is 6.16 Å². The third-order valence-corrected chi connectivity index (χ3v) is 6.92. The van der Waals surface area contributed by atoms with Crippen LogP contribution in [0.4, 0.5) is 4.79 Å². The number of aryl methyl sites for hydroxylation is 2. The lowest BCUT2D eigenvalue weighted by Crippen LogP contribution is -2.18. The Kier molecular flexibility index (Phi) is 8.44. The van der Waals surface area contributed by atoms with Gasteiger partial charge in [-0.1, -0.05) is 112 Å². The van der Waals surface area contributed by atoms with Crippen molar-refractivity contribution in [3.8, 4) is 11.5 Å². The predicted molar refractivity (Wildman–Crippen MR) is 150 cm³/mol. The Morgan fingerprint density at radius 1 is 0.568 bits per heavy atom. The van der Waals surface area contributed by atoms with Crippen LogP contribution >= 0.6 is 0 Å². The summed E-state index contributed by atoms with van der Waals surface area (Å²) in [4.78, 5) is 10.5. The molecule has 2 N–H and O–H groups in total. The summed E-state index contributed by atoms with van der Waals surface area (Å²) in [5, 5.41) is 17.9. The molecule has 192 valence electrons. The molecule has 0 saturated carbocycles. The summed E-state index contributed by atoms with van der Waals surface area (Å²) in [6.07, 6.45) is -1.30. The summed E-state index contributed by atoms with van der Waals surface area (Å²) in [6, 6.07) is 31.7. The summed E-state index contributed by atoms with van der Waals surface area (Å²) < 4.78 is 4.62. The van der Waals surface area contributed by atoms with Crippen LogP contribution in [-0.4, -0.2) is 16.4 Å². The highest BCUT2D eigenvalue weighted by molar-refractivity contribution is 5.61. The number of rotatable bonds is 5. The molecule has 0 atom stereocenters. The number of phenols is 1. The van der Waals surface area contributed by atoms with Gasteiger partial charge in [0.25, 0.3) is 0 Å². The van der Waals surface area contributed by atoms with Crippen molar-refractivity contribution in [2.24, 2.45) is 0 Å². The molecule has 0 unspecified atom stereocenters. The molecule has 0 fully saturated rings. The van der Waals surface area contributed by atoms with Crippen LogP contribution in [0.2, 0.25) is 0 Å². The van der Waals surface area contributed by atoms with Crippen LogP contribution < -0.4 is 4.74 Å². The van der Waals surface area contributed by atoms with Gasteiger partial charge in [0, 0.05) is 10.8 Å². The van der Waals surface area contributed by atoms with E-state index in [0.29, 0.717) is 11.5 Å². The lowest BCUT2D eigenvalue weighted by Gasteiger charge is -2.26. The highest BCUT2D eigenvalue weighted by Crippen LogP contribution is 2.33. The summed E-state index contributed by atoms with van der Waals surface area (Å²) in [6.45, 7) is 12.8. The van der Waals surface area contributed by atoms with E-state index in [1.165, 1.54) is 27.8 Å². The minimum absolute atomic E-state index is 0.0403. The second-order valence-corrected chi connectivity index (χ2v) is 10.4. The lowest BCUT2D eigenvalue weighted by molar-refractivity contribution is 0.144. The van der Waals surface area contributed by atoms with Crippen LogP contribution in [-0.2, 0) is 10.8 Å². The van der Waals surface area contributed by atoms with Gasteiger partial charge in [-0.25, -0.2) is 4.79 Å². The summed E-state index contributed by atoms with van der Waals surface area (Å²) in [5.41, 5.74) is 7.14. The Morgan fingerprint density at radius 3 is 1.19 bits per heavy atom. The van der Waals surface area contributed by atoms with Gasteiger partial charge in [-0.3, -0.25) is 0 Å². The average Bonchev–Trinajstić information content (AvgIpc) is 2.85. The number of benzene rings is 4.